The highest BCUT2D eigenvalue weighted by atomic mass is 35.5. The molecule has 21 heavy (non-hydrogen) atoms. The molecule has 0 fully saturated rings. The number of carboxylic acids is 1. The maximum Gasteiger partial charge on any atom is 0.339 e. The summed E-state index contributed by atoms with van der Waals surface area (Å²) < 4.78 is 34.2. The summed E-state index contributed by atoms with van der Waals surface area (Å²) in [6.45, 7) is 0. The second-order valence-corrected chi connectivity index (χ2v) is 6.52. The largest absolute Gasteiger partial charge is 0.493 e. The highest BCUT2D eigenvalue weighted by molar-refractivity contribution is 7.91. The zero-order valence-corrected chi connectivity index (χ0v) is 13.4. The number of halogens is 2. The molecule has 1 rings (SSSR count). The summed E-state index contributed by atoms with van der Waals surface area (Å²) >= 11 is 10.9. The topological polar surface area (TPSA) is 89.9 Å². The van der Waals surface area contributed by atoms with E-state index in [0.29, 0.717) is 0 Å². The molecule has 6 nitrogen and oxygen atoms in total. The van der Waals surface area contributed by atoms with E-state index in [1.807, 2.05) is 0 Å². The van der Waals surface area contributed by atoms with Crippen LogP contribution in [0, 0.1) is 0 Å². The maximum absolute atomic E-state index is 12.2. The minimum atomic E-state index is -3.87. The molecule has 9 heteroatoms. The van der Waals surface area contributed by atoms with E-state index in [-0.39, 0.29) is 27.0 Å². The number of hydrogen-bond donors (Lipinski definition) is 1. The van der Waals surface area contributed by atoms with Crippen LogP contribution in [-0.4, -0.2) is 39.5 Å². The minimum Gasteiger partial charge on any atom is -0.493 e. The first-order chi connectivity index (χ1) is 9.76. The highest BCUT2D eigenvalue weighted by Gasteiger charge is 2.24. The van der Waals surface area contributed by atoms with E-state index in [1.165, 1.54) is 20.3 Å². The predicted molar refractivity (Wildman–Crippen MR) is 78.3 cm³/mol. The Kier molecular flexibility index (Phi) is 5.88. The monoisotopic (exact) mass is 354 g/mol. The zero-order chi connectivity index (χ0) is 16.2. The summed E-state index contributed by atoms with van der Waals surface area (Å²) in [5, 5.41) is 9.05. The summed E-state index contributed by atoms with van der Waals surface area (Å²) in [7, 11) is -1.34. The molecule has 0 unspecified atom stereocenters. The fourth-order valence-electron chi connectivity index (χ4n) is 1.57. The number of methoxy groups -OCH3 is 2. The number of benzene rings is 1. The van der Waals surface area contributed by atoms with E-state index < -0.39 is 21.6 Å². The lowest BCUT2D eigenvalue weighted by molar-refractivity contribution is 0.0692. The van der Waals surface area contributed by atoms with Crippen LogP contribution in [0.1, 0.15) is 10.4 Å². The number of sulfone groups is 1. The number of hydrogen-bond acceptors (Lipinski definition) is 5. The van der Waals surface area contributed by atoms with Crippen molar-refractivity contribution in [3.63, 3.8) is 0 Å². The Morgan fingerprint density at radius 1 is 1.33 bits per heavy atom. The average Bonchev–Trinajstić information content (AvgIpc) is 2.44. The van der Waals surface area contributed by atoms with Gasteiger partial charge in [0.1, 0.15) is 5.56 Å². The Labute approximate surface area is 131 Å². The van der Waals surface area contributed by atoms with Crippen LogP contribution in [0.15, 0.2) is 27.6 Å². The molecule has 0 aromatic heterocycles. The number of aromatic carboxylic acids is 1. The molecular formula is C12H12Cl2O6S. The normalized spacial score (nSPS) is 12.1. The van der Waals surface area contributed by atoms with Gasteiger partial charge in [0.05, 0.1) is 24.9 Å². The maximum atomic E-state index is 12.2. The summed E-state index contributed by atoms with van der Waals surface area (Å²) in [6, 6.07) is 2.15. The predicted octanol–water partition coefficient (Wildman–Crippen LogP) is 2.49. The number of ether oxygens (including phenoxy) is 2. The van der Waals surface area contributed by atoms with Gasteiger partial charge in [0.25, 0.3) is 0 Å². The van der Waals surface area contributed by atoms with Crippen LogP contribution in [0.4, 0.5) is 0 Å². The SMILES string of the molecule is COc1cc(S(=O)(=O)CC(Cl)=CCl)cc(C(=O)O)c1OC. The van der Waals surface area contributed by atoms with E-state index >= 15 is 0 Å². The van der Waals surface area contributed by atoms with Crippen molar-refractivity contribution in [2.45, 2.75) is 4.90 Å². The fourth-order valence-corrected chi connectivity index (χ4v) is 3.37. The fraction of sp³-hybridized carbons (Fsp3) is 0.250. The zero-order valence-electron chi connectivity index (χ0n) is 11.1. The molecular weight excluding hydrogens is 343 g/mol. The van der Waals surface area contributed by atoms with Gasteiger partial charge in [-0.3, -0.25) is 0 Å². The van der Waals surface area contributed by atoms with Crippen molar-refractivity contribution in [3.8, 4) is 11.5 Å². The average molecular weight is 355 g/mol. The van der Waals surface area contributed by atoms with Crippen LogP contribution in [0.3, 0.4) is 0 Å². The first kappa shape index (κ1) is 17.6. The van der Waals surface area contributed by atoms with E-state index in [4.69, 9.17) is 37.8 Å². The van der Waals surface area contributed by atoms with Crippen molar-refractivity contribution in [2.24, 2.45) is 0 Å². The van der Waals surface area contributed by atoms with Crippen molar-refractivity contribution in [1.29, 1.82) is 0 Å². The van der Waals surface area contributed by atoms with Gasteiger partial charge < -0.3 is 14.6 Å². The number of carboxylic acid groups (broad SMARTS) is 1. The molecule has 116 valence electrons. The minimum absolute atomic E-state index is 0.0121. The van der Waals surface area contributed by atoms with Gasteiger partial charge in [-0.1, -0.05) is 23.2 Å². The molecule has 0 atom stereocenters. The Morgan fingerprint density at radius 2 is 1.95 bits per heavy atom. The van der Waals surface area contributed by atoms with Crippen LogP contribution < -0.4 is 9.47 Å². The van der Waals surface area contributed by atoms with Gasteiger partial charge in [-0.2, -0.15) is 0 Å². The van der Waals surface area contributed by atoms with Crippen LogP contribution in [-0.2, 0) is 9.84 Å². The molecule has 0 aliphatic rings. The third-order valence-electron chi connectivity index (χ3n) is 2.49. The summed E-state index contributed by atoms with van der Waals surface area (Å²) in [6.07, 6.45) is 0. The molecule has 0 amide bonds. The molecule has 0 bridgehead atoms. The smallest absolute Gasteiger partial charge is 0.339 e. The highest BCUT2D eigenvalue weighted by Crippen LogP contribution is 2.35. The molecule has 0 aliphatic carbocycles. The van der Waals surface area contributed by atoms with Gasteiger partial charge in [0.15, 0.2) is 21.3 Å². The molecule has 0 aliphatic heterocycles. The van der Waals surface area contributed by atoms with Crippen molar-refractivity contribution in [2.75, 3.05) is 20.0 Å². The molecule has 0 heterocycles. The van der Waals surface area contributed by atoms with Crippen molar-refractivity contribution in [3.05, 3.63) is 28.3 Å². The molecule has 0 saturated heterocycles. The summed E-state index contributed by atoms with van der Waals surface area (Å²) in [5.74, 6) is -1.97. The summed E-state index contributed by atoms with van der Waals surface area (Å²) in [4.78, 5) is 11.0. The quantitative estimate of drug-likeness (QED) is 0.843. The van der Waals surface area contributed by atoms with Gasteiger partial charge >= 0.3 is 5.97 Å². The Hall–Kier alpha value is -1.44. The van der Waals surface area contributed by atoms with Gasteiger partial charge in [-0.05, 0) is 6.07 Å². The Balaban J connectivity index is 3.52. The molecule has 1 aromatic rings. The molecule has 1 aromatic carbocycles. The second-order valence-electron chi connectivity index (χ2n) is 3.83. The van der Waals surface area contributed by atoms with E-state index in [0.717, 1.165) is 11.6 Å². The molecule has 0 radical (unpaired) electrons. The number of carbonyl (C=O) groups is 1. The van der Waals surface area contributed by atoms with E-state index in [1.54, 1.807) is 0 Å². The number of rotatable bonds is 6. The van der Waals surface area contributed by atoms with Gasteiger partial charge in [-0.15, -0.1) is 0 Å². The van der Waals surface area contributed by atoms with Crippen molar-refractivity contribution >= 4 is 39.0 Å². The first-order valence-electron chi connectivity index (χ1n) is 5.43. The molecule has 0 spiro atoms. The standard InChI is InChI=1S/C12H12Cl2O6S/c1-19-10-4-8(21(17,18)6-7(14)5-13)3-9(12(15)16)11(10)20-2/h3-5H,6H2,1-2H3,(H,15,16). The Morgan fingerprint density at radius 3 is 2.38 bits per heavy atom. The molecule has 1 N–H and O–H groups in total. The van der Waals surface area contributed by atoms with Crippen molar-refractivity contribution in [1.82, 2.24) is 0 Å². The van der Waals surface area contributed by atoms with Crippen molar-refractivity contribution < 1.29 is 27.8 Å². The van der Waals surface area contributed by atoms with Gasteiger partial charge in [0, 0.05) is 16.6 Å². The van der Waals surface area contributed by atoms with Crippen LogP contribution in [0.25, 0.3) is 0 Å². The summed E-state index contributed by atoms with van der Waals surface area (Å²) in [5.41, 5.74) is 0.597. The lowest BCUT2D eigenvalue weighted by Gasteiger charge is -2.13. The van der Waals surface area contributed by atoms with Gasteiger partial charge in [-0.25, -0.2) is 13.2 Å². The third-order valence-corrected chi connectivity index (χ3v) is 4.91. The van der Waals surface area contributed by atoms with E-state index in [2.05, 4.69) is 0 Å². The van der Waals surface area contributed by atoms with Gasteiger partial charge in [0.2, 0.25) is 0 Å². The Bertz CT molecular complexity index is 681. The third kappa shape index (κ3) is 4.03. The first-order valence-corrected chi connectivity index (χ1v) is 7.90. The van der Waals surface area contributed by atoms with Crippen LogP contribution in [0.5, 0.6) is 11.5 Å². The van der Waals surface area contributed by atoms with Crippen LogP contribution >= 0.6 is 23.2 Å². The van der Waals surface area contributed by atoms with Crippen LogP contribution in [0.2, 0.25) is 0 Å². The van der Waals surface area contributed by atoms with E-state index in [9.17, 15) is 13.2 Å². The lowest BCUT2D eigenvalue weighted by Crippen LogP contribution is -2.10. The lowest BCUT2D eigenvalue weighted by atomic mass is 10.2. The second kappa shape index (κ2) is 7.02. The molecule has 0 saturated carbocycles.